The van der Waals surface area contributed by atoms with Gasteiger partial charge in [0, 0.05) is 10.0 Å². The lowest BCUT2D eigenvalue weighted by Crippen LogP contribution is -2.02. The zero-order valence-corrected chi connectivity index (χ0v) is 12.9. The van der Waals surface area contributed by atoms with Crippen LogP contribution in [0.15, 0.2) is 58.6 Å². The highest BCUT2D eigenvalue weighted by Crippen LogP contribution is 2.21. The first-order valence-electron chi connectivity index (χ1n) is 6.21. The predicted molar refractivity (Wildman–Crippen MR) is 85.1 cm³/mol. The molecule has 0 heterocycles. The number of benzene rings is 2. The summed E-state index contributed by atoms with van der Waals surface area (Å²) in [6, 6.07) is 16.1. The van der Waals surface area contributed by atoms with Gasteiger partial charge in [0.05, 0.1) is 7.11 Å². The van der Waals surface area contributed by atoms with Gasteiger partial charge in [-0.1, -0.05) is 34.1 Å². The van der Waals surface area contributed by atoms with Crippen LogP contribution in [0.1, 0.15) is 15.9 Å². The van der Waals surface area contributed by atoms with E-state index >= 15 is 0 Å². The molecule has 0 radical (unpaired) electrons. The Kier molecular flexibility index (Phi) is 4.91. The van der Waals surface area contributed by atoms with Gasteiger partial charge in [0.2, 0.25) is 5.78 Å². The van der Waals surface area contributed by atoms with Gasteiger partial charge in [-0.05, 0) is 42.0 Å². The van der Waals surface area contributed by atoms with Gasteiger partial charge in [-0.2, -0.15) is 5.26 Å². The maximum absolute atomic E-state index is 12.3. The fourth-order valence-electron chi connectivity index (χ4n) is 1.79. The molecule has 3 nitrogen and oxygen atoms in total. The van der Waals surface area contributed by atoms with Crippen LogP contribution in [0.5, 0.6) is 5.75 Å². The van der Waals surface area contributed by atoms with Gasteiger partial charge in [0.15, 0.2) is 0 Å². The SMILES string of the molecule is COc1ccc(C(=O)C(C#N)=Cc2ccccc2Br)cc1. The first-order chi connectivity index (χ1) is 10.2. The number of Topliss-reactive ketones (excluding diaryl/α,β-unsaturated/α-hetero) is 1. The molecule has 0 saturated heterocycles. The largest absolute Gasteiger partial charge is 0.497 e. The average Bonchev–Trinajstić information content (AvgIpc) is 2.53. The standard InChI is InChI=1S/C17H12BrNO2/c1-21-15-8-6-12(7-9-15)17(20)14(11-19)10-13-4-2-3-5-16(13)18/h2-10H,1H3. The van der Waals surface area contributed by atoms with Gasteiger partial charge < -0.3 is 4.74 Å². The maximum Gasteiger partial charge on any atom is 0.203 e. The molecule has 2 rings (SSSR count). The quantitative estimate of drug-likeness (QED) is 0.474. The normalized spacial score (nSPS) is 10.8. The molecule has 0 N–H and O–H groups in total. The molecule has 0 amide bonds. The molecular weight excluding hydrogens is 330 g/mol. The van der Waals surface area contributed by atoms with E-state index in [2.05, 4.69) is 15.9 Å². The van der Waals surface area contributed by atoms with E-state index in [1.165, 1.54) is 0 Å². The molecule has 2 aromatic carbocycles. The molecule has 0 aliphatic carbocycles. The summed E-state index contributed by atoms with van der Waals surface area (Å²) < 4.78 is 5.88. The lowest BCUT2D eigenvalue weighted by Gasteiger charge is -2.03. The van der Waals surface area contributed by atoms with Crippen LogP contribution in [-0.2, 0) is 0 Å². The molecule has 2 aromatic rings. The molecule has 21 heavy (non-hydrogen) atoms. The van der Waals surface area contributed by atoms with Crippen molar-refractivity contribution in [2.75, 3.05) is 7.11 Å². The zero-order valence-electron chi connectivity index (χ0n) is 11.3. The van der Waals surface area contributed by atoms with Crippen molar-refractivity contribution < 1.29 is 9.53 Å². The van der Waals surface area contributed by atoms with Gasteiger partial charge >= 0.3 is 0 Å². The van der Waals surface area contributed by atoms with Crippen LogP contribution >= 0.6 is 15.9 Å². The molecule has 0 bridgehead atoms. The number of nitriles is 1. The van der Waals surface area contributed by atoms with Gasteiger partial charge in [-0.15, -0.1) is 0 Å². The van der Waals surface area contributed by atoms with E-state index in [-0.39, 0.29) is 11.4 Å². The number of carbonyl (C=O) groups is 1. The van der Waals surface area contributed by atoms with Crippen LogP contribution in [0.2, 0.25) is 0 Å². The smallest absolute Gasteiger partial charge is 0.203 e. The Labute approximate surface area is 131 Å². The van der Waals surface area contributed by atoms with E-state index in [1.807, 2.05) is 30.3 Å². The van der Waals surface area contributed by atoms with Gasteiger partial charge in [0.25, 0.3) is 0 Å². The number of methoxy groups -OCH3 is 1. The van der Waals surface area contributed by atoms with E-state index in [4.69, 9.17) is 4.74 Å². The molecule has 4 heteroatoms. The number of hydrogen-bond donors (Lipinski definition) is 0. The number of halogens is 1. The second-order valence-corrected chi connectivity index (χ2v) is 5.10. The van der Waals surface area contributed by atoms with E-state index in [1.54, 1.807) is 37.5 Å². The number of nitrogens with zero attached hydrogens (tertiary/aromatic N) is 1. The number of hydrogen-bond acceptors (Lipinski definition) is 3. The van der Waals surface area contributed by atoms with Gasteiger partial charge in [-0.25, -0.2) is 0 Å². The predicted octanol–water partition coefficient (Wildman–Crippen LogP) is 4.25. The second-order valence-electron chi connectivity index (χ2n) is 4.25. The Bertz CT molecular complexity index is 727. The number of ketones is 1. The molecule has 0 saturated carbocycles. The fraction of sp³-hybridized carbons (Fsp3) is 0.0588. The lowest BCUT2D eigenvalue weighted by molar-refractivity contribution is 0.104. The zero-order chi connectivity index (χ0) is 15.2. The van der Waals surface area contributed by atoms with E-state index in [0.717, 1.165) is 10.0 Å². The highest BCUT2D eigenvalue weighted by atomic mass is 79.9. The third kappa shape index (κ3) is 3.59. The minimum Gasteiger partial charge on any atom is -0.497 e. The van der Waals surface area contributed by atoms with E-state index in [9.17, 15) is 10.1 Å². The lowest BCUT2D eigenvalue weighted by atomic mass is 10.0. The number of allylic oxidation sites excluding steroid dienone is 1. The van der Waals surface area contributed by atoms with Crippen molar-refractivity contribution in [3.05, 3.63) is 69.7 Å². The summed E-state index contributed by atoms with van der Waals surface area (Å²) in [6.07, 6.45) is 1.58. The molecule has 0 spiro atoms. The molecule has 0 fully saturated rings. The van der Waals surface area contributed by atoms with E-state index < -0.39 is 0 Å². The summed E-state index contributed by atoms with van der Waals surface area (Å²) in [4.78, 5) is 12.3. The molecule has 104 valence electrons. The van der Waals surface area contributed by atoms with Crippen molar-refractivity contribution in [3.8, 4) is 11.8 Å². The van der Waals surface area contributed by atoms with Crippen molar-refractivity contribution in [1.29, 1.82) is 5.26 Å². The highest BCUT2D eigenvalue weighted by molar-refractivity contribution is 9.10. The molecule has 0 aliphatic heterocycles. The Hall–Kier alpha value is -2.38. The Balaban J connectivity index is 2.35. The maximum atomic E-state index is 12.3. The second kappa shape index (κ2) is 6.87. The average molecular weight is 342 g/mol. The highest BCUT2D eigenvalue weighted by Gasteiger charge is 2.12. The van der Waals surface area contributed by atoms with Crippen LogP contribution in [-0.4, -0.2) is 12.9 Å². The van der Waals surface area contributed by atoms with Gasteiger partial charge in [0.1, 0.15) is 17.4 Å². The van der Waals surface area contributed by atoms with Crippen LogP contribution < -0.4 is 4.74 Å². The Morgan fingerprint density at radius 1 is 1.19 bits per heavy atom. The molecular formula is C17H12BrNO2. The number of ether oxygens (including phenoxy) is 1. The molecule has 0 unspecified atom stereocenters. The third-order valence-electron chi connectivity index (χ3n) is 2.92. The summed E-state index contributed by atoms with van der Waals surface area (Å²) in [5.41, 5.74) is 1.33. The van der Waals surface area contributed by atoms with Crippen molar-refractivity contribution in [3.63, 3.8) is 0 Å². The number of rotatable bonds is 4. The Morgan fingerprint density at radius 3 is 2.43 bits per heavy atom. The topological polar surface area (TPSA) is 50.1 Å². The summed E-state index contributed by atoms with van der Waals surface area (Å²) >= 11 is 3.40. The first kappa shape index (κ1) is 15.0. The summed E-state index contributed by atoms with van der Waals surface area (Å²) in [5.74, 6) is 0.357. The molecule has 0 aliphatic rings. The Morgan fingerprint density at radius 2 is 1.86 bits per heavy atom. The third-order valence-corrected chi connectivity index (χ3v) is 3.64. The van der Waals surface area contributed by atoms with Crippen LogP contribution in [0.25, 0.3) is 6.08 Å². The van der Waals surface area contributed by atoms with Crippen molar-refractivity contribution >= 4 is 27.8 Å². The van der Waals surface area contributed by atoms with Gasteiger partial charge in [-0.3, -0.25) is 4.79 Å². The molecule has 0 aromatic heterocycles. The summed E-state index contributed by atoms with van der Waals surface area (Å²) in [6.45, 7) is 0. The fourth-order valence-corrected chi connectivity index (χ4v) is 2.19. The summed E-state index contributed by atoms with van der Waals surface area (Å²) in [7, 11) is 1.56. The van der Waals surface area contributed by atoms with Crippen LogP contribution in [0.4, 0.5) is 0 Å². The molecule has 0 atom stereocenters. The van der Waals surface area contributed by atoms with Crippen molar-refractivity contribution in [2.24, 2.45) is 0 Å². The number of carbonyl (C=O) groups excluding carboxylic acids is 1. The van der Waals surface area contributed by atoms with E-state index in [0.29, 0.717) is 11.3 Å². The summed E-state index contributed by atoms with van der Waals surface area (Å²) in [5, 5.41) is 9.23. The van der Waals surface area contributed by atoms with Crippen molar-refractivity contribution in [1.82, 2.24) is 0 Å². The van der Waals surface area contributed by atoms with Crippen LogP contribution in [0, 0.1) is 11.3 Å². The first-order valence-corrected chi connectivity index (χ1v) is 7.00. The monoisotopic (exact) mass is 341 g/mol. The minimum absolute atomic E-state index is 0.0899. The minimum atomic E-state index is -0.309. The van der Waals surface area contributed by atoms with Crippen molar-refractivity contribution in [2.45, 2.75) is 0 Å². The van der Waals surface area contributed by atoms with Crippen LogP contribution in [0.3, 0.4) is 0 Å².